The Hall–Kier alpha value is -0.570. The van der Waals surface area contributed by atoms with Gasteiger partial charge < -0.3 is 10.0 Å². The summed E-state index contributed by atoms with van der Waals surface area (Å²) >= 11 is 6.00. The maximum Gasteiger partial charge on any atom is 0.0471 e. The lowest BCUT2D eigenvalue weighted by atomic mass is 10.0. The Labute approximate surface area is 108 Å². The Morgan fingerprint density at radius 3 is 3.00 bits per heavy atom. The van der Waals surface area contributed by atoms with Gasteiger partial charge in [0.15, 0.2) is 0 Å². The van der Waals surface area contributed by atoms with Crippen molar-refractivity contribution in [1.29, 1.82) is 0 Å². The van der Waals surface area contributed by atoms with E-state index in [0.717, 1.165) is 31.1 Å². The van der Waals surface area contributed by atoms with Gasteiger partial charge in [0.05, 0.1) is 0 Å². The Morgan fingerprint density at radius 2 is 2.35 bits per heavy atom. The maximum atomic E-state index is 9.13. The molecule has 1 heterocycles. The van der Waals surface area contributed by atoms with E-state index in [0.29, 0.717) is 18.4 Å². The Morgan fingerprint density at radius 1 is 1.53 bits per heavy atom. The van der Waals surface area contributed by atoms with Crippen LogP contribution in [0.25, 0.3) is 0 Å². The lowest BCUT2D eigenvalue weighted by Crippen LogP contribution is -2.26. The summed E-state index contributed by atoms with van der Waals surface area (Å²) < 4.78 is 0. The molecule has 17 heavy (non-hydrogen) atoms. The smallest absolute Gasteiger partial charge is 0.0471 e. The standard InChI is InChI=1S/C14H20ClNO/c1-11(13-3-2-4-14(15)7-13)8-16-6-5-12(9-16)10-17/h2-4,7,11-12,17H,5-6,8-10H2,1H3. The van der Waals surface area contributed by atoms with Crippen molar-refractivity contribution in [3.05, 3.63) is 34.9 Å². The molecule has 0 spiro atoms. The summed E-state index contributed by atoms with van der Waals surface area (Å²) in [7, 11) is 0. The monoisotopic (exact) mass is 253 g/mol. The van der Waals surface area contributed by atoms with E-state index >= 15 is 0 Å². The second kappa shape index (κ2) is 5.85. The molecule has 3 heteroatoms. The first-order valence-corrected chi connectivity index (χ1v) is 6.65. The van der Waals surface area contributed by atoms with Crippen molar-refractivity contribution >= 4 is 11.6 Å². The van der Waals surface area contributed by atoms with Crippen LogP contribution in [0.1, 0.15) is 24.8 Å². The molecule has 0 radical (unpaired) electrons. The minimum Gasteiger partial charge on any atom is -0.396 e. The lowest BCUT2D eigenvalue weighted by Gasteiger charge is -2.21. The van der Waals surface area contributed by atoms with Crippen LogP contribution in [-0.2, 0) is 0 Å². The third-order valence-electron chi connectivity index (χ3n) is 3.58. The van der Waals surface area contributed by atoms with Gasteiger partial charge in [0, 0.05) is 24.7 Å². The number of halogens is 1. The van der Waals surface area contributed by atoms with Crippen molar-refractivity contribution < 1.29 is 5.11 Å². The van der Waals surface area contributed by atoms with Crippen LogP contribution in [0, 0.1) is 5.92 Å². The summed E-state index contributed by atoms with van der Waals surface area (Å²) in [6.45, 7) is 5.74. The second-order valence-electron chi connectivity index (χ2n) is 5.05. The molecular weight excluding hydrogens is 234 g/mol. The number of aliphatic hydroxyl groups is 1. The molecule has 2 unspecified atom stereocenters. The number of benzene rings is 1. The van der Waals surface area contributed by atoms with Crippen LogP contribution in [0.3, 0.4) is 0 Å². The van der Waals surface area contributed by atoms with Gasteiger partial charge in [-0.05, 0) is 42.5 Å². The van der Waals surface area contributed by atoms with E-state index in [4.69, 9.17) is 16.7 Å². The SMILES string of the molecule is CC(CN1CCC(CO)C1)c1cccc(Cl)c1. The third-order valence-corrected chi connectivity index (χ3v) is 3.81. The molecule has 0 aromatic heterocycles. The van der Waals surface area contributed by atoms with Gasteiger partial charge in [-0.2, -0.15) is 0 Å². The predicted molar refractivity (Wildman–Crippen MR) is 71.5 cm³/mol. The molecule has 1 aromatic carbocycles. The van der Waals surface area contributed by atoms with E-state index in [1.165, 1.54) is 5.56 Å². The molecule has 1 saturated heterocycles. The zero-order chi connectivity index (χ0) is 12.3. The molecule has 0 aliphatic carbocycles. The quantitative estimate of drug-likeness (QED) is 0.892. The summed E-state index contributed by atoms with van der Waals surface area (Å²) in [5, 5.41) is 9.94. The molecule has 94 valence electrons. The van der Waals surface area contributed by atoms with Crippen LogP contribution >= 0.6 is 11.6 Å². The van der Waals surface area contributed by atoms with Crippen molar-refractivity contribution in [2.75, 3.05) is 26.2 Å². The van der Waals surface area contributed by atoms with Gasteiger partial charge in [-0.3, -0.25) is 0 Å². The normalized spacial score (nSPS) is 22.9. The van der Waals surface area contributed by atoms with Gasteiger partial charge in [0.1, 0.15) is 0 Å². The van der Waals surface area contributed by atoms with Crippen molar-refractivity contribution in [2.45, 2.75) is 19.3 Å². The van der Waals surface area contributed by atoms with Crippen molar-refractivity contribution in [1.82, 2.24) is 4.90 Å². The topological polar surface area (TPSA) is 23.5 Å². The molecule has 1 aromatic rings. The minimum atomic E-state index is 0.321. The first-order chi connectivity index (χ1) is 8.19. The molecule has 0 bridgehead atoms. The molecule has 1 N–H and O–H groups in total. The minimum absolute atomic E-state index is 0.321. The van der Waals surface area contributed by atoms with Gasteiger partial charge >= 0.3 is 0 Å². The average molecular weight is 254 g/mol. The lowest BCUT2D eigenvalue weighted by molar-refractivity contribution is 0.219. The number of likely N-dealkylation sites (tertiary alicyclic amines) is 1. The fraction of sp³-hybridized carbons (Fsp3) is 0.571. The van der Waals surface area contributed by atoms with Crippen LogP contribution in [0.15, 0.2) is 24.3 Å². The van der Waals surface area contributed by atoms with E-state index in [1.54, 1.807) is 0 Å². The number of hydrogen-bond acceptors (Lipinski definition) is 2. The van der Waals surface area contributed by atoms with Crippen molar-refractivity contribution in [3.8, 4) is 0 Å². The van der Waals surface area contributed by atoms with Gasteiger partial charge in [0.2, 0.25) is 0 Å². The van der Waals surface area contributed by atoms with Crippen LogP contribution < -0.4 is 0 Å². The number of hydrogen-bond donors (Lipinski definition) is 1. The van der Waals surface area contributed by atoms with E-state index in [-0.39, 0.29) is 0 Å². The Kier molecular flexibility index (Phi) is 4.43. The highest BCUT2D eigenvalue weighted by Gasteiger charge is 2.23. The highest BCUT2D eigenvalue weighted by atomic mass is 35.5. The largest absolute Gasteiger partial charge is 0.396 e. The van der Waals surface area contributed by atoms with E-state index in [2.05, 4.69) is 17.9 Å². The zero-order valence-corrected chi connectivity index (χ0v) is 11.0. The molecule has 2 nitrogen and oxygen atoms in total. The molecule has 2 atom stereocenters. The highest BCUT2D eigenvalue weighted by molar-refractivity contribution is 6.30. The molecule has 1 fully saturated rings. The summed E-state index contributed by atoms with van der Waals surface area (Å²) in [5.74, 6) is 0.965. The highest BCUT2D eigenvalue weighted by Crippen LogP contribution is 2.23. The molecular formula is C14H20ClNO. The average Bonchev–Trinajstić information content (AvgIpc) is 2.77. The van der Waals surface area contributed by atoms with Gasteiger partial charge in [0.25, 0.3) is 0 Å². The third kappa shape index (κ3) is 3.44. The van der Waals surface area contributed by atoms with Crippen molar-refractivity contribution in [2.24, 2.45) is 5.92 Å². The van der Waals surface area contributed by atoms with E-state index < -0.39 is 0 Å². The van der Waals surface area contributed by atoms with Gasteiger partial charge in [-0.25, -0.2) is 0 Å². The van der Waals surface area contributed by atoms with Crippen LogP contribution in [0.4, 0.5) is 0 Å². The van der Waals surface area contributed by atoms with Crippen LogP contribution in [0.5, 0.6) is 0 Å². The van der Waals surface area contributed by atoms with Gasteiger partial charge in [-0.1, -0.05) is 30.7 Å². The first-order valence-electron chi connectivity index (χ1n) is 6.27. The molecule has 2 rings (SSSR count). The summed E-state index contributed by atoms with van der Waals surface area (Å²) in [6, 6.07) is 8.10. The predicted octanol–water partition coefficient (Wildman–Crippen LogP) is 2.76. The summed E-state index contributed by atoms with van der Waals surface area (Å²) in [6.07, 6.45) is 1.12. The molecule has 1 aliphatic rings. The van der Waals surface area contributed by atoms with E-state index in [1.807, 2.05) is 18.2 Å². The molecule has 0 saturated carbocycles. The molecule has 1 aliphatic heterocycles. The number of rotatable bonds is 4. The number of aliphatic hydroxyl groups excluding tert-OH is 1. The first kappa shape index (κ1) is 12.9. The second-order valence-corrected chi connectivity index (χ2v) is 5.49. The Balaban J connectivity index is 1.91. The zero-order valence-electron chi connectivity index (χ0n) is 10.3. The molecule has 0 amide bonds. The van der Waals surface area contributed by atoms with Crippen LogP contribution in [0.2, 0.25) is 5.02 Å². The summed E-state index contributed by atoms with van der Waals surface area (Å²) in [5.41, 5.74) is 1.30. The van der Waals surface area contributed by atoms with Gasteiger partial charge in [-0.15, -0.1) is 0 Å². The van der Waals surface area contributed by atoms with E-state index in [9.17, 15) is 0 Å². The fourth-order valence-electron chi connectivity index (χ4n) is 2.53. The fourth-order valence-corrected chi connectivity index (χ4v) is 2.73. The van der Waals surface area contributed by atoms with Crippen LogP contribution in [-0.4, -0.2) is 36.2 Å². The maximum absolute atomic E-state index is 9.13. The van der Waals surface area contributed by atoms with Crippen molar-refractivity contribution in [3.63, 3.8) is 0 Å². The number of nitrogens with zero attached hydrogens (tertiary/aromatic N) is 1. The summed E-state index contributed by atoms with van der Waals surface area (Å²) in [4.78, 5) is 2.44. The Bertz CT molecular complexity index is 369.